The van der Waals surface area contributed by atoms with E-state index in [4.69, 9.17) is 4.74 Å². The summed E-state index contributed by atoms with van der Waals surface area (Å²) in [7, 11) is -3.49. The third kappa shape index (κ3) is 5.15. The topological polar surface area (TPSA) is 91.8 Å². The lowest BCUT2D eigenvalue weighted by atomic mass is 10.1. The molecule has 1 unspecified atom stereocenters. The average molecular weight is 442 g/mol. The minimum atomic E-state index is -3.49. The monoisotopic (exact) mass is 441 g/mol. The van der Waals surface area contributed by atoms with Crippen LogP contribution < -0.4 is 10.1 Å². The Morgan fingerprint density at radius 1 is 1.03 bits per heavy atom. The summed E-state index contributed by atoms with van der Waals surface area (Å²) in [6, 6.07) is 16.9. The Kier molecular flexibility index (Phi) is 6.70. The number of hydrogen-bond acceptors (Lipinski definition) is 6. The van der Waals surface area contributed by atoms with Crippen molar-refractivity contribution in [2.75, 3.05) is 31.6 Å². The van der Waals surface area contributed by atoms with Gasteiger partial charge in [-0.15, -0.1) is 0 Å². The van der Waals surface area contributed by atoms with Gasteiger partial charge in [-0.3, -0.25) is 0 Å². The van der Waals surface area contributed by atoms with E-state index in [1.807, 2.05) is 42.5 Å². The van der Waals surface area contributed by atoms with Crippen LogP contribution in [0.3, 0.4) is 0 Å². The zero-order valence-corrected chi connectivity index (χ0v) is 18.1. The summed E-state index contributed by atoms with van der Waals surface area (Å²) in [5.41, 5.74) is 0. The van der Waals surface area contributed by atoms with Crippen LogP contribution in [0.2, 0.25) is 0 Å². The Hall–Kier alpha value is -2.68. The summed E-state index contributed by atoms with van der Waals surface area (Å²) in [4.78, 5) is 4.40. The van der Waals surface area contributed by atoms with E-state index in [1.165, 1.54) is 10.5 Å². The van der Waals surface area contributed by atoms with E-state index in [2.05, 4.69) is 10.3 Å². The summed E-state index contributed by atoms with van der Waals surface area (Å²) >= 11 is 0. The first-order valence-corrected chi connectivity index (χ1v) is 12.0. The molecule has 0 bridgehead atoms. The first-order valence-electron chi connectivity index (χ1n) is 10.5. The zero-order valence-electron chi connectivity index (χ0n) is 17.3. The molecule has 1 atom stereocenters. The number of fused-ring (bicyclic) bond motifs is 1. The van der Waals surface area contributed by atoms with Gasteiger partial charge in [-0.1, -0.05) is 42.8 Å². The number of nitrogens with zero attached hydrogens (tertiary/aromatic N) is 2. The van der Waals surface area contributed by atoms with E-state index in [-0.39, 0.29) is 18.0 Å². The number of aliphatic hydroxyl groups excluding tert-OH is 1. The third-order valence-electron chi connectivity index (χ3n) is 5.39. The van der Waals surface area contributed by atoms with Crippen molar-refractivity contribution in [3.05, 3.63) is 60.8 Å². The van der Waals surface area contributed by atoms with Crippen LogP contribution in [0.25, 0.3) is 10.8 Å². The molecular formula is C23H27N3O4S. The normalized spacial score (nSPS) is 16.2. The standard InChI is InChI=1S/C23H27N3O4S/c27-19(17-30-22-10-6-8-18-7-2-3-9-21(18)22)15-24-23-12-11-20(16-25-23)31(28,29)26-13-4-1-5-14-26/h2-3,6-12,16,19,27H,1,4-5,13-15,17H2,(H,24,25). The number of nitrogens with one attached hydrogen (secondary N) is 1. The average Bonchev–Trinajstić information content (AvgIpc) is 2.82. The Morgan fingerprint density at radius 2 is 1.81 bits per heavy atom. The second-order valence-corrected chi connectivity index (χ2v) is 9.60. The quantitative estimate of drug-likeness (QED) is 0.558. The van der Waals surface area contributed by atoms with Gasteiger partial charge in [-0.2, -0.15) is 4.31 Å². The molecule has 31 heavy (non-hydrogen) atoms. The minimum Gasteiger partial charge on any atom is -0.490 e. The van der Waals surface area contributed by atoms with E-state index in [0.717, 1.165) is 35.8 Å². The lowest BCUT2D eigenvalue weighted by molar-refractivity contribution is 0.118. The Labute approximate surface area is 182 Å². The molecule has 0 saturated carbocycles. The summed E-state index contributed by atoms with van der Waals surface area (Å²) in [6.45, 7) is 1.48. The molecule has 0 amide bonds. The second kappa shape index (κ2) is 9.64. The predicted molar refractivity (Wildman–Crippen MR) is 121 cm³/mol. The highest BCUT2D eigenvalue weighted by atomic mass is 32.2. The highest BCUT2D eigenvalue weighted by Crippen LogP contribution is 2.25. The second-order valence-electron chi connectivity index (χ2n) is 7.67. The number of ether oxygens (including phenoxy) is 1. The third-order valence-corrected chi connectivity index (χ3v) is 7.27. The van der Waals surface area contributed by atoms with E-state index >= 15 is 0 Å². The Morgan fingerprint density at radius 3 is 2.58 bits per heavy atom. The van der Waals surface area contributed by atoms with Crippen LogP contribution in [-0.2, 0) is 10.0 Å². The van der Waals surface area contributed by atoms with Gasteiger partial charge in [0, 0.05) is 31.2 Å². The molecule has 0 spiro atoms. The first kappa shape index (κ1) is 21.5. The van der Waals surface area contributed by atoms with Crippen LogP contribution in [-0.4, -0.2) is 55.2 Å². The van der Waals surface area contributed by atoms with Crippen LogP contribution in [0.1, 0.15) is 19.3 Å². The van der Waals surface area contributed by atoms with Crippen LogP contribution in [0.5, 0.6) is 5.75 Å². The highest BCUT2D eigenvalue weighted by molar-refractivity contribution is 7.89. The van der Waals surface area contributed by atoms with Crippen molar-refractivity contribution in [3.8, 4) is 5.75 Å². The van der Waals surface area contributed by atoms with Gasteiger partial charge in [0.15, 0.2) is 0 Å². The van der Waals surface area contributed by atoms with Crippen molar-refractivity contribution in [1.82, 2.24) is 9.29 Å². The van der Waals surface area contributed by atoms with Crippen molar-refractivity contribution in [3.63, 3.8) is 0 Å². The molecule has 1 aromatic heterocycles. The largest absolute Gasteiger partial charge is 0.490 e. The van der Waals surface area contributed by atoms with Gasteiger partial charge in [0.1, 0.15) is 29.2 Å². The number of piperidine rings is 1. The fourth-order valence-electron chi connectivity index (χ4n) is 3.68. The molecule has 3 aromatic rings. The Balaban J connectivity index is 1.31. The van der Waals surface area contributed by atoms with E-state index in [0.29, 0.717) is 18.9 Å². The molecule has 4 rings (SSSR count). The summed E-state index contributed by atoms with van der Waals surface area (Å²) in [5.74, 6) is 1.23. The number of aromatic nitrogens is 1. The Bertz CT molecular complexity index is 1110. The van der Waals surface area contributed by atoms with Crippen molar-refractivity contribution < 1.29 is 18.3 Å². The molecular weight excluding hydrogens is 414 g/mol. The van der Waals surface area contributed by atoms with Crippen LogP contribution >= 0.6 is 0 Å². The molecule has 1 fully saturated rings. The molecule has 1 aliphatic heterocycles. The smallest absolute Gasteiger partial charge is 0.244 e. The number of rotatable bonds is 8. The SMILES string of the molecule is O=S(=O)(c1ccc(NCC(O)COc2cccc3ccccc23)nc1)N1CCCCC1. The molecule has 2 aromatic carbocycles. The van der Waals surface area contributed by atoms with Gasteiger partial charge >= 0.3 is 0 Å². The van der Waals surface area contributed by atoms with E-state index in [9.17, 15) is 13.5 Å². The summed E-state index contributed by atoms with van der Waals surface area (Å²) < 4.78 is 32.7. The van der Waals surface area contributed by atoms with Gasteiger partial charge in [-0.25, -0.2) is 13.4 Å². The van der Waals surface area contributed by atoms with Gasteiger partial charge in [-0.05, 0) is 36.4 Å². The summed E-state index contributed by atoms with van der Waals surface area (Å²) in [6.07, 6.45) is 3.47. The van der Waals surface area contributed by atoms with Gasteiger partial charge in [0.2, 0.25) is 10.0 Å². The van der Waals surface area contributed by atoms with Gasteiger partial charge in [0.05, 0.1) is 0 Å². The molecule has 164 valence electrons. The molecule has 2 N–H and O–H groups in total. The number of sulfonamides is 1. The van der Waals surface area contributed by atoms with Crippen molar-refractivity contribution >= 4 is 26.6 Å². The lowest BCUT2D eigenvalue weighted by Crippen LogP contribution is -2.35. The first-order chi connectivity index (χ1) is 15.0. The van der Waals surface area contributed by atoms with Gasteiger partial charge < -0.3 is 15.2 Å². The molecule has 0 aliphatic carbocycles. The number of anilines is 1. The van der Waals surface area contributed by atoms with Crippen molar-refractivity contribution in [2.24, 2.45) is 0 Å². The fraction of sp³-hybridized carbons (Fsp3) is 0.348. The molecule has 0 radical (unpaired) electrons. The van der Waals surface area contributed by atoms with E-state index < -0.39 is 16.1 Å². The molecule has 8 heteroatoms. The molecule has 1 saturated heterocycles. The minimum absolute atomic E-state index is 0.127. The number of pyridine rings is 1. The van der Waals surface area contributed by atoms with Crippen LogP contribution in [0.15, 0.2) is 65.7 Å². The predicted octanol–water partition coefficient (Wildman–Crippen LogP) is 3.26. The summed E-state index contributed by atoms with van der Waals surface area (Å²) in [5, 5.41) is 15.4. The highest BCUT2D eigenvalue weighted by Gasteiger charge is 2.26. The maximum absolute atomic E-state index is 12.7. The molecule has 1 aliphatic rings. The fourth-order valence-corrected chi connectivity index (χ4v) is 5.14. The number of aliphatic hydroxyl groups is 1. The maximum atomic E-state index is 12.7. The molecule has 2 heterocycles. The van der Waals surface area contributed by atoms with Crippen LogP contribution in [0.4, 0.5) is 5.82 Å². The zero-order chi connectivity index (χ0) is 21.7. The number of benzene rings is 2. The molecule has 7 nitrogen and oxygen atoms in total. The van der Waals surface area contributed by atoms with Gasteiger partial charge in [0.25, 0.3) is 0 Å². The maximum Gasteiger partial charge on any atom is 0.244 e. The number of hydrogen-bond donors (Lipinski definition) is 2. The lowest BCUT2D eigenvalue weighted by Gasteiger charge is -2.25. The van der Waals surface area contributed by atoms with Crippen molar-refractivity contribution in [2.45, 2.75) is 30.3 Å². The van der Waals surface area contributed by atoms with E-state index in [1.54, 1.807) is 12.1 Å². The van der Waals surface area contributed by atoms with Crippen LogP contribution in [0, 0.1) is 0 Å². The van der Waals surface area contributed by atoms with Crippen molar-refractivity contribution in [1.29, 1.82) is 0 Å².